The number of fused-ring (bicyclic) bond motifs is 3. The van der Waals surface area contributed by atoms with Crippen molar-refractivity contribution in [2.24, 2.45) is 4.99 Å². The Hall–Kier alpha value is -2.73. The van der Waals surface area contributed by atoms with Gasteiger partial charge in [0, 0.05) is 4.90 Å². The Kier molecular flexibility index (Phi) is 4.66. The fourth-order valence-electron chi connectivity index (χ4n) is 3.42. The molecule has 0 amide bonds. The maximum absolute atomic E-state index is 12.8. The topological polar surface area (TPSA) is 51.1 Å². The first-order chi connectivity index (χ1) is 13.1. The average Bonchev–Trinajstić information content (AvgIpc) is 3.05. The van der Waals surface area contributed by atoms with Gasteiger partial charge < -0.3 is 14.4 Å². The predicted octanol–water partition coefficient (Wildman–Crippen LogP) is 4.56. The summed E-state index contributed by atoms with van der Waals surface area (Å²) in [6.07, 6.45) is 0. The molecule has 2 aromatic rings. The molecule has 1 unspecified atom stereocenters. The smallest absolute Gasteiger partial charge is 0.338 e. The zero-order valence-corrected chi connectivity index (χ0v) is 16.2. The van der Waals surface area contributed by atoms with E-state index in [1.165, 1.54) is 0 Å². The van der Waals surface area contributed by atoms with E-state index in [0.29, 0.717) is 17.9 Å². The van der Waals surface area contributed by atoms with Crippen LogP contribution in [-0.4, -0.2) is 24.9 Å². The van der Waals surface area contributed by atoms with Gasteiger partial charge in [-0.3, -0.25) is 0 Å². The van der Waals surface area contributed by atoms with E-state index >= 15 is 0 Å². The van der Waals surface area contributed by atoms with E-state index in [1.54, 1.807) is 18.9 Å². The number of para-hydroxylation sites is 1. The lowest BCUT2D eigenvalue weighted by molar-refractivity contribution is -0.138. The number of esters is 1. The number of carbonyl (C=O) groups is 1. The number of hydrogen-bond acceptors (Lipinski definition) is 6. The number of thioether (sulfide) groups is 1. The molecular weight excluding hydrogens is 360 g/mol. The number of rotatable bonds is 4. The van der Waals surface area contributed by atoms with E-state index in [2.05, 4.69) is 17.0 Å². The molecular formula is C21H20N2O3S. The molecule has 0 fully saturated rings. The SMILES string of the molecule is CCOC(=O)C1=C(C)N=C2Sc3ccccc3N2C1c1ccc(OC)cc1. The van der Waals surface area contributed by atoms with Crippen LogP contribution in [0.4, 0.5) is 5.69 Å². The Morgan fingerprint density at radius 1 is 1.19 bits per heavy atom. The third-order valence-electron chi connectivity index (χ3n) is 4.64. The number of methoxy groups -OCH3 is 1. The van der Waals surface area contributed by atoms with Gasteiger partial charge in [-0.1, -0.05) is 24.3 Å². The van der Waals surface area contributed by atoms with E-state index in [-0.39, 0.29) is 12.0 Å². The zero-order valence-electron chi connectivity index (χ0n) is 15.4. The van der Waals surface area contributed by atoms with Crippen LogP contribution in [-0.2, 0) is 9.53 Å². The Balaban J connectivity index is 1.87. The first kappa shape index (κ1) is 17.7. The lowest BCUT2D eigenvalue weighted by Gasteiger charge is -2.34. The summed E-state index contributed by atoms with van der Waals surface area (Å²) in [7, 11) is 1.64. The van der Waals surface area contributed by atoms with Crippen LogP contribution in [0.2, 0.25) is 0 Å². The van der Waals surface area contributed by atoms with Gasteiger partial charge in [0.15, 0.2) is 5.17 Å². The standard InChI is InChI=1S/C21H20N2O3S/c1-4-26-20(24)18-13(2)22-21-23(16-7-5-6-8-17(16)27-21)19(18)14-9-11-15(25-3)12-10-14/h5-12,19H,4H2,1-3H3. The van der Waals surface area contributed by atoms with Crippen LogP contribution in [0.15, 0.2) is 69.7 Å². The summed E-state index contributed by atoms with van der Waals surface area (Å²) in [6, 6.07) is 15.7. The maximum Gasteiger partial charge on any atom is 0.338 e. The second-order valence-electron chi connectivity index (χ2n) is 6.23. The molecule has 0 N–H and O–H groups in total. The van der Waals surface area contributed by atoms with E-state index < -0.39 is 0 Å². The summed E-state index contributed by atoms with van der Waals surface area (Å²) >= 11 is 1.62. The number of aliphatic imine (C=N–C) groups is 1. The molecule has 2 aromatic carbocycles. The third kappa shape index (κ3) is 3.00. The number of hydrogen-bond donors (Lipinski definition) is 0. The van der Waals surface area contributed by atoms with Crippen LogP contribution < -0.4 is 9.64 Å². The van der Waals surface area contributed by atoms with Crippen LogP contribution in [0.3, 0.4) is 0 Å². The van der Waals surface area contributed by atoms with Crippen molar-refractivity contribution in [2.75, 3.05) is 18.6 Å². The molecule has 0 aromatic heterocycles. The highest BCUT2D eigenvalue weighted by Gasteiger charge is 2.41. The van der Waals surface area contributed by atoms with Crippen molar-refractivity contribution in [3.63, 3.8) is 0 Å². The van der Waals surface area contributed by atoms with E-state index in [9.17, 15) is 4.79 Å². The van der Waals surface area contributed by atoms with Gasteiger partial charge in [0.25, 0.3) is 0 Å². The highest BCUT2D eigenvalue weighted by atomic mass is 32.2. The molecule has 1 atom stereocenters. The highest BCUT2D eigenvalue weighted by molar-refractivity contribution is 8.14. The van der Waals surface area contributed by atoms with Gasteiger partial charge in [0.2, 0.25) is 0 Å². The number of nitrogens with zero attached hydrogens (tertiary/aromatic N) is 2. The average molecular weight is 380 g/mol. The Morgan fingerprint density at radius 2 is 1.93 bits per heavy atom. The molecule has 0 radical (unpaired) electrons. The summed E-state index contributed by atoms with van der Waals surface area (Å²) in [4.78, 5) is 20.8. The number of anilines is 1. The molecule has 0 saturated carbocycles. The normalized spacial score (nSPS) is 18.0. The fourth-order valence-corrected chi connectivity index (χ4v) is 4.52. The van der Waals surface area contributed by atoms with Crippen molar-refractivity contribution < 1.29 is 14.3 Å². The molecule has 0 bridgehead atoms. The minimum Gasteiger partial charge on any atom is -0.497 e. The fraction of sp³-hybridized carbons (Fsp3) is 0.238. The molecule has 2 heterocycles. The largest absolute Gasteiger partial charge is 0.497 e. The number of allylic oxidation sites excluding steroid dienone is 1. The van der Waals surface area contributed by atoms with Crippen LogP contribution >= 0.6 is 11.8 Å². The van der Waals surface area contributed by atoms with Crippen molar-refractivity contribution in [3.05, 3.63) is 65.4 Å². The number of carbonyl (C=O) groups excluding carboxylic acids is 1. The first-order valence-electron chi connectivity index (χ1n) is 8.80. The van der Waals surface area contributed by atoms with Crippen molar-refractivity contribution in [2.45, 2.75) is 24.8 Å². The summed E-state index contributed by atoms with van der Waals surface area (Å²) in [5.74, 6) is 0.450. The predicted molar refractivity (Wildman–Crippen MR) is 107 cm³/mol. The molecule has 0 saturated heterocycles. The lowest BCUT2D eigenvalue weighted by Crippen LogP contribution is -2.37. The van der Waals surface area contributed by atoms with Gasteiger partial charge >= 0.3 is 5.97 Å². The highest BCUT2D eigenvalue weighted by Crippen LogP contribution is 2.49. The Bertz CT molecular complexity index is 950. The van der Waals surface area contributed by atoms with Gasteiger partial charge in [0.1, 0.15) is 5.75 Å². The number of ether oxygens (including phenoxy) is 2. The summed E-state index contributed by atoms with van der Waals surface area (Å²) in [5, 5.41) is 0.877. The molecule has 27 heavy (non-hydrogen) atoms. The quantitative estimate of drug-likeness (QED) is 0.728. The Labute approximate surface area is 162 Å². The minimum absolute atomic E-state index is 0.293. The van der Waals surface area contributed by atoms with Crippen LogP contribution in [0.5, 0.6) is 5.75 Å². The van der Waals surface area contributed by atoms with Crippen molar-refractivity contribution in [1.82, 2.24) is 0 Å². The van der Waals surface area contributed by atoms with Gasteiger partial charge in [-0.15, -0.1) is 0 Å². The van der Waals surface area contributed by atoms with Gasteiger partial charge in [0.05, 0.1) is 36.7 Å². The number of amidine groups is 1. The molecule has 0 spiro atoms. The summed E-state index contributed by atoms with van der Waals surface area (Å²) in [5.41, 5.74) is 3.31. The summed E-state index contributed by atoms with van der Waals surface area (Å²) < 4.78 is 10.6. The van der Waals surface area contributed by atoms with Gasteiger partial charge in [-0.25, -0.2) is 9.79 Å². The molecule has 2 aliphatic rings. The van der Waals surface area contributed by atoms with Gasteiger partial charge in [-0.2, -0.15) is 0 Å². The second-order valence-corrected chi connectivity index (χ2v) is 7.24. The van der Waals surface area contributed by atoms with Crippen LogP contribution in [0.25, 0.3) is 0 Å². The summed E-state index contributed by atoms with van der Waals surface area (Å²) in [6.45, 7) is 4.01. The molecule has 138 valence electrons. The molecule has 5 nitrogen and oxygen atoms in total. The van der Waals surface area contributed by atoms with Crippen LogP contribution in [0.1, 0.15) is 25.5 Å². The molecule has 6 heteroatoms. The van der Waals surface area contributed by atoms with Crippen molar-refractivity contribution in [1.29, 1.82) is 0 Å². The second kappa shape index (κ2) is 7.12. The molecule has 2 aliphatic heterocycles. The van der Waals surface area contributed by atoms with Crippen LogP contribution in [0, 0.1) is 0 Å². The minimum atomic E-state index is -0.326. The molecule has 4 rings (SSSR count). The lowest BCUT2D eigenvalue weighted by atomic mass is 9.94. The maximum atomic E-state index is 12.8. The van der Waals surface area contributed by atoms with Crippen molar-refractivity contribution in [3.8, 4) is 5.75 Å². The Morgan fingerprint density at radius 3 is 2.63 bits per heavy atom. The van der Waals surface area contributed by atoms with E-state index in [0.717, 1.165) is 27.1 Å². The number of benzene rings is 2. The molecule has 0 aliphatic carbocycles. The van der Waals surface area contributed by atoms with E-state index in [4.69, 9.17) is 14.5 Å². The first-order valence-corrected chi connectivity index (χ1v) is 9.62. The van der Waals surface area contributed by atoms with Crippen molar-refractivity contribution >= 4 is 28.6 Å². The van der Waals surface area contributed by atoms with Gasteiger partial charge in [-0.05, 0) is 55.4 Å². The monoisotopic (exact) mass is 380 g/mol. The van der Waals surface area contributed by atoms with E-state index in [1.807, 2.05) is 50.2 Å². The zero-order chi connectivity index (χ0) is 19.0. The third-order valence-corrected chi connectivity index (χ3v) is 5.68.